The van der Waals surface area contributed by atoms with Gasteiger partial charge in [0.25, 0.3) is 15.9 Å². The quantitative estimate of drug-likeness (QED) is 0.670. The predicted octanol–water partition coefficient (Wildman–Crippen LogP) is 3.53. The number of nitrogens with zero attached hydrogens (tertiary/aromatic N) is 2. The molecular formula is C20H19N3O4S2. The molecule has 0 bridgehead atoms. The van der Waals surface area contributed by atoms with Crippen LogP contribution < -0.4 is 14.4 Å². The molecule has 0 saturated heterocycles. The number of carbonyl (C=O) groups is 1. The molecule has 150 valence electrons. The van der Waals surface area contributed by atoms with Crippen molar-refractivity contribution in [3.63, 3.8) is 0 Å². The summed E-state index contributed by atoms with van der Waals surface area (Å²) in [5.41, 5.74) is 3.11. The van der Waals surface area contributed by atoms with Gasteiger partial charge in [-0.2, -0.15) is 0 Å². The largest absolute Gasteiger partial charge is 0.482 e. The topological polar surface area (TPSA) is 88.6 Å². The average Bonchev–Trinajstić information content (AvgIpc) is 3.18. The monoisotopic (exact) mass is 429 g/mol. The lowest BCUT2D eigenvalue weighted by Crippen LogP contribution is -2.35. The lowest BCUT2D eigenvalue weighted by molar-refractivity contribution is -0.120. The Morgan fingerprint density at radius 2 is 1.97 bits per heavy atom. The van der Waals surface area contributed by atoms with Gasteiger partial charge in [-0.15, -0.1) is 11.3 Å². The molecule has 7 nitrogen and oxygen atoms in total. The molecule has 0 aliphatic carbocycles. The van der Waals surface area contributed by atoms with Gasteiger partial charge in [0.2, 0.25) is 0 Å². The van der Waals surface area contributed by atoms with Gasteiger partial charge in [-0.3, -0.25) is 9.52 Å². The van der Waals surface area contributed by atoms with Gasteiger partial charge in [0.1, 0.15) is 5.75 Å². The van der Waals surface area contributed by atoms with Crippen LogP contribution in [0.15, 0.2) is 52.7 Å². The van der Waals surface area contributed by atoms with Crippen LogP contribution >= 0.6 is 11.3 Å². The minimum atomic E-state index is -3.71. The molecule has 1 aromatic heterocycles. The summed E-state index contributed by atoms with van der Waals surface area (Å²) in [5.74, 6) is 0.498. The molecule has 2 aromatic carbocycles. The molecule has 1 aliphatic rings. The maximum atomic E-state index is 12.6. The number of fused-ring (bicyclic) bond motifs is 1. The predicted molar refractivity (Wildman–Crippen MR) is 113 cm³/mol. The first-order chi connectivity index (χ1) is 13.9. The van der Waals surface area contributed by atoms with E-state index in [1.54, 1.807) is 42.8 Å². The van der Waals surface area contributed by atoms with E-state index in [4.69, 9.17) is 4.74 Å². The minimum Gasteiger partial charge on any atom is -0.482 e. The molecule has 0 unspecified atom stereocenters. The highest BCUT2D eigenvalue weighted by molar-refractivity contribution is 7.93. The number of ether oxygens (including phenoxy) is 1. The Bertz CT molecular complexity index is 1170. The molecule has 4 rings (SSSR count). The Kier molecular flexibility index (Phi) is 5.01. The fourth-order valence-corrected chi connectivity index (χ4v) is 4.94. The Hall–Kier alpha value is -2.91. The molecule has 2 heterocycles. The molecule has 0 fully saturated rings. The van der Waals surface area contributed by atoms with E-state index in [0.717, 1.165) is 17.5 Å². The second-order valence-electron chi connectivity index (χ2n) is 6.56. The van der Waals surface area contributed by atoms with Gasteiger partial charge < -0.3 is 9.64 Å². The summed E-state index contributed by atoms with van der Waals surface area (Å²) >= 11 is 1.20. The molecule has 0 saturated carbocycles. The van der Waals surface area contributed by atoms with Crippen molar-refractivity contribution in [3.8, 4) is 17.0 Å². The molecule has 1 amide bonds. The highest BCUT2D eigenvalue weighted by Crippen LogP contribution is 2.36. The summed E-state index contributed by atoms with van der Waals surface area (Å²) in [7, 11) is -2.02. The van der Waals surface area contributed by atoms with E-state index in [1.807, 2.05) is 19.1 Å². The Labute approximate surface area is 173 Å². The molecule has 29 heavy (non-hydrogen) atoms. The highest BCUT2D eigenvalue weighted by Gasteiger charge is 2.23. The van der Waals surface area contributed by atoms with Gasteiger partial charge in [0, 0.05) is 18.0 Å². The second kappa shape index (κ2) is 7.49. The third-order valence-corrected chi connectivity index (χ3v) is 6.95. The summed E-state index contributed by atoms with van der Waals surface area (Å²) in [6.45, 7) is 2.03. The average molecular weight is 430 g/mol. The molecular weight excluding hydrogens is 410 g/mol. The molecule has 0 radical (unpaired) electrons. The summed E-state index contributed by atoms with van der Waals surface area (Å²) < 4.78 is 33.2. The van der Waals surface area contributed by atoms with E-state index in [1.165, 1.54) is 16.2 Å². The maximum absolute atomic E-state index is 12.6. The number of rotatable bonds is 5. The lowest BCUT2D eigenvalue weighted by atomic mass is 10.1. The van der Waals surface area contributed by atoms with Gasteiger partial charge in [-0.1, -0.05) is 19.1 Å². The van der Waals surface area contributed by atoms with Crippen LogP contribution in [0.5, 0.6) is 5.75 Å². The van der Waals surface area contributed by atoms with Crippen molar-refractivity contribution in [1.82, 2.24) is 4.98 Å². The molecule has 1 N–H and O–H groups in total. The van der Waals surface area contributed by atoms with Crippen LogP contribution in [0.1, 0.15) is 12.5 Å². The van der Waals surface area contributed by atoms with Crippen molar-refractivity contribution < 1.29 is 17.9 Å². The Morgan fingerprint density at radius 3 is 2.69 bits per heavy atom. The summed E-state index contributed by atoms with van der Waals surface area (Å²) in [4.78, 5) is 18.0. The van der Waals surface area contributed by atoms with E-state index in [9.17, 15) is 13.2 Å². The number of aryl methyl sites for hydroxylation is 1. The molecule has 9 heteroatoms. The van der Waals surface area contributed by atoms with Crippen LogP contribution in [-0.2, 0) is 21.2 Å². The zero-order valence-corrected chi connectivity index (χ0v) is 17.5. The van der Waals surface area contributed by atoms with Gasteiger partial charge in [-0.25, -0.2) is 13.4 Å². The number of anilines is 2. The first kappa shape index (κ1) is 19.4. The van der Waals surface area contributed by atoms with Crippen LogP contribution in [0, 0.1) is 0 Å². The number of aromatic nitrogens is 1. The number of likely N-dealkylation sites (N-methyl/N-ethyl adjacent to an activating group) is 1. The summed E-state index contributed by atoms with van der Waals surface area (Å²) in [6.07, 6.45) is 0.843. The van der Waals surface area contributed by atoms with E-state index in [-0.39, 0.29) is 22.5 Å². The second-order valence-corrected chi connectivity index (χ2v) is 9.11. The van der Waals surface area contributed by atoms with Crippen molar-refractivity contribution in [1.29, 1.82) is 0 Å². The van der Waals surface area contributed by atoms with Crippen molar-refractivity contribution in [2.24, 2.45) is 0 Å². The Morgan fingerprint density at radius 1 is 1.21 bits per heavy atom. The van der Waals surface area contributed by atoms with Crippen LogP contribution in [0.3, 0.4) is 0 Å². The van der Waals surface area contributed by atoms with E-state index >= 15 is 0 Å². The first-order valence-electron chi connectivity index (χ1n) is 8.98. The fourth-order valence-electron chi connectivity index (χ4n) is 2.96. The highest BCUT2D eigenvalue weighted by atomic mass is 32.2. The normalized spacial score (nSPS) is 13.7. The van der Waals surface area contributed by atoms with Gasteiger partial charge in [0.05, 0.1) is 16.3 Å². The SMILES string of the molecule is CCc1ccc(S(=O)(=O)Nc2nc(-c3ccc4c(c3)N(C)C(=O)CO4)cs2)cc1. The van der Waals surface area contributed by atoms with Crippen molar-refractivity contribution in [3.05, 3.63) is 53.4 Å². The van der Waals surface area contributed by atoms with Crippen LogP contribution in [0.2, 0.25) is 0 Å². The minimum absolute atomic E-state index is 0.0186. The molecule has 3 aromatic rings. The number of thiazole rings is 1. The zero-order chi connectivity index (χ0) is 20.6. The zero-order valence-electron chi connectivity index (χ0n) is 15.9. The molecule has 1 aliphatic heterocycles. The van der Waals surface area contributed by atoms with E-state index in [0.29, 0.717) is 17.1 Å². The van der Waals surface area contributed by atoms with Crippen molar-refractivity contribution in [2.45, 2.75) is 18.2 Å². The van der Waals surface area contributed by atoms with E-state index < -0.39 is 10.0 Å². The Balaban J connectivity index is 1.58. The third kappa shape index (κ3) is 3.83. The van der Waals surface area contributed by atoms with Crippen molar-refractivity contribution >= 4 is 38.1 Å². The number of sulfonamides is 1. The van der Waals surface area contributed by atoms with Gasteiger partial charge in [-0.05, 0) is 42.3 Å². The van der Waals surface area contributed by atoms with Gasteiger partial charge >= 0.3 is 0 Å². The maximum Gasteiger partial charge on any atom is 0.264 e. The number of benzene rings is 2. The third-order valence-electron chi connectivity index (χ3n) is 4.71. The number of amides is 1. The summed E-state index contributed by atoms with van der Waals surface area (Å²) in [6, 6.07) is 12.2. The number of carbonyl (C=O) groups excluding carboxylic acids is 1. The van der Waals surface area contributed by atoms with Crippen LogP contribution in [-0.4, -0.2) is 33.0 Å². The molecule has 0 spiro atoms. The smallest absolute Gasteiger partial charge is 0.264 e. The number of hydrogen-bond donors (Lipinski definition) is 1. The standard InChI is InChI=1S/C20H19N3O4S2/c1-3-13-4-7-15(8-5-13)29(25,26)22-20-21-16(12-28-20)14-6-9-18-17(10-14)23(2)19(24)11-27-18/h4-10,12H,3,11H2,1-2H3,(H,21,22). The first-order valence-corrected chi connectivity index (χ1v) is 11.3. The lowest BCUT2D eigenvalue weighted by Gasteiger charge is -2.26. The van der Waals surface area contributed by atoms with Crippen LogP contribution in [0.25, 0.3) is 11.3 Å². The van der Waals surface area contributed by atoms with Crippen LogP contribution in [0.4, 0.5) is 10.8 Å². The van der Waals surface area contributed by atoms with E-state index in [2.05, 4.69) is 9.71 Å². The number of hydrogen-bond acceptors (Lipinski definition) is 6. The molecule has 0 atom stereocenters. The fraction of sp³-hybridized carbons (Fsp3) is 0.200. The van der Waals surface area contributed by atoms with Gasteiger partial charge in [0.15, 0.2) is 11.7 Å². The van der Waals surface area contributed by atoms with Crippen molar-refractivity contribution in [2.75, 3.05) is 23.3 Å². The summed E-state index contributed by atoms with van der Waals surface area (Å²) in [5, 5.41) is 2.05. The number of nitrogens with one attached hydrogen (secondary N) is 1.